The van der Waals surface area contributed by atoms with Crippen LogP contribution in [-0.2, 0) is 4.79 Å². The van der Waals surface area contributed by atoms with E-state index in [1.54, 1.807) is 18.6 Å². The lowest BCUT2D eigenvalue weighted by Crippen LogP contribution is -2.31. The number of hydrogen-bond acceptors (Lipinski definition) is 7. The maximum atomic E-state index is 12.5. The van der Waals surface area contributed by atoms with Crippen molar-refractivity contribution in [2.75, 3.05) is 5.32 Å². The van der Waals surface area contributed by atoms with E-state index in [0.29, 0.717) is 10.7 Å². The highest BCUT2D eigenvalue weighted by molar-refractivity contribution is 8.12. The highest BCUT2D eigenvalue weighted by atomic mass is 32.2. The molecule has 5 N–H and O–H groups in total. The lowest BCUT2D eigenvalue weighted by atomic mass is 10.0. The Morgan fingerprint density at radius 1 is 1.31 bits per heavy atom. The van der Waals surface area contributed by atoms with E-state index in [0.717, 1.165) is 10.5 Å². The topological polar surface area (TPSA) is 134 Å². The van der Waals surface area contributed by atoms with Crippen LogP contribution in [0.2, 0.25) is 0 Å². The number of thioether (sulfide) groups is 1. The number of nitrogens with two attached hydrogens (primary N) is 1. The van der Waals surface area contributed by atoms with Gasteiger partial charge in [0.25, 0.3) is 5.91 Å². The molecule has 0 unspecified atom stereocenters. The molecular formula is C17H12N6O2S. The van der Waals surface area contributed by atoms with Crippen LogP contribution < -0.4 is 16.4 Å². The Kier molecular flexibility index (Phi) is 3.77. The number of anilines is 1. The average Bonchev–Trinajstić information content (AvgIpc) is 3.11. The predicted octanol–water partition coefficient (Wildman–Crippen LogP) is 1.44. The van der Waals surface area contributed by atoms with Crippen LogP contribution in [0.1, 0.15) is 21.6 Å². The number of aromatic nitrogens is 2. The molecule has 0 fully saturated rings. The lowest BCUT2D eigenvalue weighted by molar-refractivity contribution is -0.112. The van der Waals surface area contributed by atoms with Crippen molar-refractivity contribution in [3.05, 3.63) is 70.4 Å². The summed E-state index contributed by atoms with van der Waals surface area (Å²) in [6.45, 7) is 0. The Morgan fingerprint density at radius 2 is 2.15 bits per heavy atom. The molecule has 2 aliphatic heterocycles. The molecule has 2 amide bonds. The molecule has 0 saturated carbocycles. The molecule has 8 nitrogen and oxygen atoms in total. The van der Waals surface area contributed by atoms with Crippen LogP contribution in [0, 0.1) is 5.41 Å². The maximum Gasteiger partial charge on any atom is 0.260 e. The molecule has 0 spiro atoms. The monoisotopic (exact) mass is 364 g/mol. The summed E-state index contributed by atoms with van der Waals surface area (Å²) < 4.78 is 0. The molecule has 0 aromatic carbocycles. The van der Waals surface area contributed by atoms with Crippen LogP contribution in [0.25, 0.3) is 4.91 Å². The van der Waals surface area contributed by atoms with Crippen LogP contribution in [-0.4, -0.2) is 27.5 Å². The molecule has 26 heavy (non-hydrogen) atoms. The van der Waals surface area contributed by atoms with Crippen molar-refractivity contribution in [1.82, 2.24) is 15.3 Å². The van der Waals surface area contributed by atoms with Crippen molar-refractivity contribution in [2.45, 2.75) is 0 Å². The maximum absolute atomic E-state index is 12.5. The number of pyridine rings is 2. The van der Waals surface area contributed by atoms with Crippen LogP contribution in [0.15, 0.2) is 53.6 Å². The summed E-state index contributed by atoms with van der Waals surface area (Å²) in [5, 5.41) is 14.6. The van der Waals surface area contributed by atoms with Gasteiger partial charge in [-0.2, -0.15) is 0 Å². The Balaban J connectivity index is 1.69. The van der Waals surface area contributed by atoms with Gasteiger partial charge in [-0.15, -0.1) is 0 Å². The van der Waals surface area contributed by atoms with Crippen molar-refractivity contribution in [1.29, 1.82) is 5.41 Å². The number of amides is 2. The largest absolute Gasteiger partial charge is 0.366 e. The van der Waals surface area contributed by atoms with Crippen LogP contribution >= 0.6 is 11.8 Å². The van der Waals surface area contributed by atoms with E-state index in [1.807, 2.05) is 12.1 Å². The van der Waals surface area contributed by atoms with Gasteiger partial charge in [-0.25, -0.2) is 0 Å². The summed E-state index contributed by atoms with van der Waals surface area (Å²) >= 11 is 1.35. The normalized spacial score (nSPS) is 18.7. The second kappa shape index (κ2) is 6.12. The van der Waals surface area contributed by atoms with Gasteiger partial charge in [0.1, 0.15) is 5.69 Å². The first-order valence-corrected chi connectivity index (χ1v) is 8.36. The molecule has 0 radical (unpaired) electrons. The summed E-state index contributed by atoms with van der Waals surface area (Å²) in [5.74, 6) is -1.09. The third-order valence-electron chi connectivity index (χ3n) is 3.85. The average molecular weight is 364 g/mol. The molecule has 0 aliphatic carbocycles. The van der Waals surface area contributed by atoms with Gasteiger partial charge in [-0.1, -0.05) is 17.8 Å². The number of nitrogens with zero attached hydrogens (tertiary/aromatic N) is 2. The Morgan fingerprint density at radius 3 is 2.88 bits per heavy atom. The van der Waals surface area contributed by atoms with Gasteiger partial charge < -0.3 is 16.4 Å². The minimum atomic E-state index is -0.649. The van der Waals surface area contributed by atoms with Gasteiger partial charge in [0.05, 0.1) is 27.6 Å². The third kappa shape index (κ3) is 2.64. The number of carbonyl (C=O) groups is 2. The summed E-state index contributed by atoms with van der Waals surface area (Å²) in [7, 11) is 0. The minimum absolute atomic E-state index is 0.0180. The van der Waals surface area contributed by atoms with Crippen LogP contribution in [0.4, 0.5) is 5.69 Å². The molecule has 4 heterocycles. The van der Waals surface area contributed by atoms with E-state index in [-0.39, 0.29) is 22.5 Å². The third-order valence-corrected chi connectivity index (χ3v) is 4.95. The predicted molar refractivity (Wildman–Crippen MR) is 98.2 cm³/mol. The first kappa shape index (κ1) is 16.0. The van der Waals surface area contributed by atoms with E-state index in [9.17, 15) is 9.59 Å². The van der Waals surface area contributed by atoms with Gasteiger partial charge in [0.2, 0.25) is 5.91 Å². The number of fused-ring (bicyclic) bond motifs is 1. The van der Waals surface area contributed by atoms with Gasteiger partial charge >= 0.3 is 0 Å². The second-order valence-electron chi connectivity index (χ2n) is 5.51. The quantitative estimate of drug-likeness (QED) is 0.596. The van der Waals surface area contributed by atoms with E-state index in [4.69, 9.17) is 11.1 Å². The highest BCUT2D eigenvalue weighted by Crippen LogP contribution is 2.39. The SMILES string of the molecule is N=C1/C(=C2\NC=C(c3cccnc3)S2)C(=O)Nc2cc(C(N)=O)cnc21. The van der Waals surface area contributed by atoms with E-state index < -0.39 is 11.8 Å². The highest BCUT2D eigenvalue weighted by Gasteiger charge is 2.32. The lowest BCUT2D eigenvalue weighted by Gasteiger charge is -2.21. The zero-order valence-corrected chi connectivity index (χ0v) is 14.1. The van der Waals surface area contributed by atoms with Crippen LogP contribution in [0.3, 0.4) is 0 Å². The molecular weight excluding hydrogens is 352 g/mol. The molecule has 128 valence electrons. The first-order valence-electron chi connectivity index (χ1n) is 7.54. The fourth-order valence-electron chi connectivity index (χ4n) is 2.60. The number of rotatable bonds is 2. The molecule has 2 aromatic heterocycles. The molecule has 0 saturated heterocycles. The van der Waals surface area contributed by atoms with Gasteiger partial charge in [-0.05, 0) is 12.1 Å². The van der Waals surface area contributed by atoms with Crippen molar-refractivity contribution in [3.63, 3.8) is 0 Å². The van der Waals surface area contributed by atoms with Gasteiger partial charge in [0, 0.05) is 35.3 Å². The van der Waals surface area contributed by atoms with Crippen molar-refractivity contribution in [2.24, 2.45) is 5.73 Å². The fraction of sp³-hybridized carbons (Fsp3) is 0. The summed E-state index contributed by atoms with van der Waals surface area (Å²) in [4.78, 5) is 32.9. The number of nitrogens with one attached hydrogen (secondary N) is 3. The zero-order valence-electron chi connectivity index (χ0n) is 13.2. The van der Waals surface area contributed by atoms with E-state index in [1.165, 1.54) is 24.0 Å². The first-order chi connectivity index (χ1) is 12.5. The Bertz CT molecular complexity index is 1030. The van der Waals surface area contributed by atoms with E-state index >= 15 is 0 Å². The molecule has 4 rings (SSSR count). The number of carbonyl (C=O) groups excluding carboxylic acids is 2. The number of hydrogen-bond donors (Lipinski definition) is 4. The van der Waals surface area contributed by atoms with Crippen LogP contribution in [0.5, 0.6) is 0 Å². The van der Waals surface area contributed by atoms with Crippen molar-refractivity contribution >= 4 is 39.9 Å². The Hall–Kier alpha value is -3.46. The summed E-state index contributed by atoms with van der Waals surface area (Å²) in [6, 6.07) is 5.16. The standard InChI is InChI=1S/C17H12N6O2S/c18-13-12(17-22-7-11(26-17)8-2-1-3-20-5-8)16(25)23-10-4-9(15(19)24)6-21-14(10)13/h1-7,18,22H,(H2,19,24)(H,23,25)/b17-12-,18-13?. The summed E-state index contributed by atoms with van der Waals surface area (Å²) in [5.41, 5.74) is 7.07. The molecule has 9 heteroatoms. The smallest absolute Gasteiger partial charge is 0.260 e. The van der Waals surface area contributed by atoms with Crippen molar-refractivity contribution < 1.29 is 9.59 Å². The fourth-order valence-corrected chi connectivity index (χ4v) is 3.59. The van der Waals surface area contributed by atoms with E-state index in [2.05, 4.69) is 20.6 Å². The number of primary amides is 1. The minimum Gasteiger partial charge on any atom is -0.366 e. The molecule has 2 aromatic rings. The Labute approximate surface area is 152 Å². The zero-order chi connectivity index (χ0) is 18.3. The van der Waals surface area contributed by atoms with Gasteiger partial charge in [-0.3, -0.25) is 25.0 Å². The summed E-state index contributed by atoms with van der Waals surface area (Å²) in [6.07, 6.45) is 6.47. The second-order valence-corrected chi connectivity index (χ2v) is 6.57. The van der Waals surface area contributed by atoms with Gasteiger partial charge in [0.15, 0.2) is 0 Å². The molecule has 2 aliphatic rings. The molecule has 0 atom stereocenters. The molecule has 0 bridgehead atoms. The van der Waals surface area contributed by atoms with Crippen molar-refractivity contribution in [3.8, 4) is 0 Å².